The predicted octanol–water partition coefficient (Wildman–Crippen LogP) is 1.13. The van der Waals surface area contributed by atoms with Gasteiger partial charge in [0.15, 0.2) is 0 Å². The van der Waals surface area contributed by atoms with E-state index < -0.39 is 10.8 Å². The molecular formula is C12H17NO2S. The lowest BCUT2D eigenvalue weighted by Crippen LogP contribution is -2.26. The molecule has 2 rings (SSSR count). The molecule has 0 fully saturated rings. The van der Waals surface area contributed by atoms with Crippen molar-refractivity contribution in [2.45, 2.75) is 5.92 Å². The Kier molecular flexibility index (Phi) is 3.96. The molecule has 0 radical (unpaired) electrons. The van der Waals surface area contributed by atoms with Crippen molar-refractivity contribution in [3.63, 3.8) is 0 Å². The van der Waals surface area contributed by atoms with Crippen molar-refractivity contribution in [1.82, 2.24) is 5.32 Å². The van der Waals surface area contributed by atoms with E-state index in [9.17, 15) is 4.21 Å². The number of benzene rings is 1. The van der Waals surface area contributed by atoms with Crippen molar-refractivity contribution in [3.05, 3.63) is 29.8 Å². The molecule has 0 bridgehead atoms. The number of rotatable bonds is 5. The number of para-hydroxylation sites is 1. The molecule has 1 aromatic rings. The molecule has 0 amide bonds. The summed E-state index contributed by atoms with van der Waals surface area (Å²) in [5.74, 6) is 2.16. The Bertz CT molecular complexity index is 381. The molecule has 0 aliphatic carbocycles. The monoisotopic (exact) mass is 239 g/mol. The zero-order valence-corrected chi connectivity index (χ0v) is 10.3. The van der Waals surface area contributed by atoms with E-state index in [1.807, 2.05) is 18.2 Å². The first-order valence-electron chi connectivity index (χ1n) is 5.50. The molecule has 2 unspecified atom stereocenters. The lowest BCUT2D eigenvalue weighted by molar-refractivity contribution is 0.327. The zero-order valence-electron chi connectivity index (χ0n) is 9.44. The van der Waals surface area contributed by atoms with Gasteiger partial charge in [0.2, 0.25) is 0 Å². The Morgan fingerprint density at radius 1 is 1.50 bits per heavy atom. The molecule has 2 atom stereocenters. The molecule has 4 heteroatoms. The van der Waals surface area contributed by atoms with E-state index in [4.69, 9.17) is 4.74 Å². The van der Waals surface area contributed by atoms with Crippen LogP contribution < -0.4 is 10.1 Å². The van der Waals surface area contributed by atoms with Gasteiger partial charge in [-0.25, -0.2) is 0 Å². The smallest absolute Gasteiger partial charge is 0.122 e. The van der Waals surface area contributed by atoms with E-state index in [0.717, 1.165) is 31.2 Å². The summed E-state index contributed by atoms with van der Waals surface area (Å²) in [5, 5.41) is 3.33. The molecule has 0 aromatic heterocycles. The van der Waals surface area contributed by atoms with Crippen LogP contribution in [-0.2, 0) is 10.8 Å². The Morgan fingerprint density at radius 2 is 2.31 bits per heavy atom. The Labute approximate surface area is 98.7 Å². The van der Waals surface area contributed by atoms with E-state index in [1.165, 1.54) is 5.56 Å². The van der Waals surface area contributed by atoms with Gasteiger partial charge in [-0.15, -0.1) is 0 Å². The molecular weight excluding hydrogens is 222 g/mol. The highest BCUT2D eigenvalue weighted by atomic mass is 32.2. The van der Waals surface area contributed by atoms with Gasteiger partial charge in [0.05, 0.1) is 6.61 Å². The highest BCUT2D eigenvalue weighted by molar-refractivity contribution is 7.84. The number of nitrogens with one attached hydrogen (secondary N) is 1. The van der Waals surface area contributed by atoms with Crippen LogP contribution in [0.4, 0.5) is 0 Å². The van der Waals surface area contributed by atoms with Gasteiger partial charge in [-0.05, 0) is 6.07 Å². The van der Waals surface area contributed by atoms with Crippen LogP contribution in [0.3, 0.4) is 0 Å². The summed E-state index contributed by atoms with van der Waals surface area (Å²) in [4.78, 5) is 0. The van der Waals surface area contributed by atoms with Crippen molar-refractivity contribution in [3.8, 4) is 5.75 Å². The summed E-state index contributed by atoms with van der Waals surface area (Å²) in [5.41, 5.74) is 1.28. The first-order valence-corrected chi connectivity index (χ1v) is 7.22. The van der Waals surface area contributed by atoms with Crippen LogP contribution in [0, 0.1) is 0 Å². The highest BCUT2D eigenvalue weighted by Gasteiger charge is 2.22. The van der Waals surface area contributed by atoms with Crippen LogP contribution in [0.1, 0.15) is 11.5 Å². The number of hydrogen-bond donors (Lipinski definition) is 1. The third kappa shape index (κ3) is 2.83. The maximum Gasteiger partial charge on any atom is 0.122 e. The summed E-state index contributed by atoms with van der Waals surface area (Å²) in [6.07, 6.45) is 1.73. The normalized spacial score (nSPS) is 20.2. The zero-order chi connectivity index (χ0) is 11.4. The average Bonchev–Trinajstić information content (AvgIpc) is 2.68. The Morgan fingerprint density at radius 3 is 3.12 bits per heavy atom. The molecule has 88 valence electrons. The minimum atomic E-state index is -0.707. The maximum atomic E-state index is 10.9. The number of fused-ring (bicyclic) bond motifs is 1. The second-order valence-corrected chi connectivity index (χ2v) is 5.58. The quantitative estimate of drug-likeness (QED) is 0.783. The standard InChI is InChI=1S/C12H17NO2S/c1-16(14)7-6-13-8-10-9-15-12-5-3-2-4-11(10)12/h2-5,10,13H,6-9H2,1H3. The molecule has 1 aliphatic rings. The summed E-state index contributed by atoms with van der Waals surface area (Å²) in [6.45, 7) is 2.46. The van der Waals surface area contributed by atoms with Gasteiger partial charge in [-0.2, -0.15) is 0 Å². The highest BCUT2D eigenvalue weighted by Crippen LogP contribution is 2.32. The van der Waals surface area contributed by atoms with Crippen LogP contribution in [0.15, 0.2) is 24.3 Å². The second kappa shape index (κ2) is 5.46. The first-order chi connectivity index (χ1) is 7.77. The van der Waals surface area contributed by atoms with Crippen molar-refractivity contribution in [1.29, 1.82) is 0 Å². The van der Waals surface area contributed by atoms with Gasteiger partial charge in [0, 0.05) is 47.4 Å². The van der Waals surface area contributed by atoms with Crippen LogP contribution in [-0.4, -0.2) is 35.9 Å². The summed E-state index contributed by atoms with van der Waals surface area (Å²) < 4.78 is 16.5. The van der Waals surface area contributed by atoms with Gasteiger partial charge >= 0.3 is 0 Å². The minimum absolute atomic E-state index is 0.432. The van der Waals surface area contributed by atoms with E-state index in [2.05, 4.69) is 11.4 Å². The Hall–Kier alpha value is -0.870. The third-order valence-corrected chi connectivity index (χ3v) is 3.53. The SMILES string of the molecule is CS(=O)CCNCC1COc2ccccc21. The first kappa shape index (κ1) is 11.6. The average molecular weight is 239 g/mol. The number of hydrogen-bond acceptors (Lipinski definition) is 3. The third-order valence-electron chi connectivity index (χ3n) is 2.76. The lowest BCUT2D eigenvalue weighted by atomic mass is 10.0. The van der Waals surface area contributed by atoms with Gasteiger partial charge in [0.1, 0.15) is 5.75 Å². The van der Waals surface area contributed by atoms with E-state index in [0.29, 0.717) is 5.92 Å². The topological polar surface area (TPSA) is 38.3 Å². The van der Waals surface area contributed by atoms with E-state index in [1.54, 1.807) is 6.26 Å². The fourth-order valence-electron chi connectivity index (χ4n) is 1.89. The van der Waals surface area contributed by atoms with Crippen LogP contribution in [0.5, 0.6) is 5.75 Å². The van der Waals surface area contributed by atoms with Crippen molar-refractivity contribution < 1.29 is 8.95 Å². The maximum absolute atomic E-state index is 10.9. The van der Waals surface area contributed by atoms with Crippen LogP contribution in [0.25, 0.3) is 0 Å². The van der Waals surface area contributed by atoms with Gasteiger partial charge < -0.3 is 10.1 Å². The minimum Gasteiger partial charge on any atom is -0.493 e. The van der Waals surface area contributed by atoms with Crippen LogP contribution >= 0.6 is 0 Å². The lowest BCUT2D eigenvalue weighted by Gasteiger charge is -2.09. The summed E-state index contributed by atoms with van der Waals surface area (Å²) >= 11 is 0. The Balaban J connectivity index is 1.82. The molecule has 0 saturated heterocycles. The molecule has 1 N–H and O–H groups in total. The number of ether oxygens (including phenoxy) is 1. The summed E-state index contributed by atoms with van der Waals surface area (Å²) in [6, 6.07) is 8.17. The fourth-order valence-corrected chi connectivity index (χ4v) is 2.32. The molecule has 1 heterocycles. The fraction of sp³-hybridized carbons (Fsp3) is 0.500. The molecule has 3 nitrogen and oxygen atoms in total. The van der Waals surface area contributed by atoms with Crippen molar-refractivity contribution >= 4 is 10.8 Å². The van der Waals surface area contributed by atoms with Crippen molar-refractivity contribution in [2.24, 2.45) is 0 Å². The second-order valence-electron chi connectivity index (χ2n) is 4.03. The molecule has 1 aliphatic heterocycles. The molecule has 0 spiro atoms. The summed E-state index contributed by atoms with van der Waals surface area (Å²) in [7, 11) is -0.707. The van der Waals surface area contributed by atoms with Gasteiger partial charge in [-0.3, -0.25) is 4.21 Å². The molecule has 16 heavy (non-hydrogen) atoms. The van der Waals surface area contributed by atoms with E-state index in [-0.39, 0.29) is 0 Å². The van der Waals surface area contributed by atoms with Gasteiger partial charge in [0.25, 0.3) is 0 Å². The molecule has 1 aromatic carbocycles. The van der Waals surface area contributed by atoms with Gasteiger partial charge in [-0.1, -0.05) is 18.2 Å². The van der Waals surface area contributed by atoms with Crippen LogP contribution in [0.2, 0.25) is 0 Å². The van der Waals surface area contributed by atoms with E-state index >= 15 is 0 Å². The predicted molar refractivity (Wildman–Crippen MR) is 66.5 cm³/mol. The largest absolute Gasteiger partial charge is 0.493 e. The molecule has 0 saturated carbocycles. The van der Waals surface area contributed by atoms with Crippen molar-refractivity contribution in [2.75, 3.05) is 31.7 Å².